The number of nitrogens with zero attached hydrogens (tertiary/aromatic N) is 4. The first-order valence-corrected chi connectivity index (χ1v) is 37.2. The molecule has 11 rings (SSSR count). The Morgan fingerprint density at radius 1 is 0.677 bits per heavy atom. The molecule has 2 atom stereocenters. The van der Waals surface area contributed by atoms with Gasteiger partial charge >= 0.3 is 5.97 Å². The van der Waals surface area contributed by atoms with Gasteiger partial charge in [-0.1, -0.05) is 135 Å². The molecule has 3 heterocycles. The van der Waals surface area contributed by atoms with Gasteiger partial charge in [-0.3, -0.25) is 4.18 Å². The molecule has 0 aliphatic carbocycles. The van der Waals surface area contributed by atoms with E-state index >= 15 is 0 Å². The van der Waals surface area contributed by atoms with Crippen LogP contribution in [0.2, 0.25) is 23.2 Å². The maximum atomic E-state index is 14.8. The summed E-state index contributed by atoms with van der Waals surface area (Å²) in [6.45, 7) is 13.5. The average Bonchev–Trinajstić information content (AvgIpc) is 1.71. The molecule has 1 unspecified atom stereocenters. The number of benzene rings is 8. The number of hydrogen-bond donors (Lipinski definition) is 1. The number of methoxy groups -OCH3 is 3. The predicted octanol–water partition coefficient (Wildman–Crippen LogP) is 17.1. The molecule has 22 heteroatoms. The number of aromatic nitrogens is 4. The van der Waals surface area contributed by atoms with Crippen LogP contribution in [0.4, 0.5) is 4.39 Å². The number of ether oxygens (including phenoxy) is 7. The minimum Gasteiger partial charge on any atom is -0.543 e. The Balaban J connectivity index is 0.976. The molecule has 0 radical (unpaired) electrons. The van der Waals surface area contributed by atoms with Crippen molar-refractivity contribution in [2.45, 2.75) is 88.5 Å². The van der Waals surface area contributed by atoms with Crippen molar-refractivity contribution in [1.29, 1.82) is 0 Å². The van der Waals surface area contributed by atoms with E-state index in [0.29, 0.717) is 99.9 Å². The second-order valence-electron chi connectivity index (χ2n) is 25.0. The molecule has 0 bridgehead atoms. The Hall–Kier alpha value is -9.74. The first kappa shape index (κ1) is 70.6. The van der Waals surface area contributed by atoms with Gasteiger partial charge in [0.05, 0.1) is 54.5 Å². The molecular formula is C77H74ClFN4O13S2Si. The number of hydrogen-bond acceptors (Lipinski definition) is 17. The van der Waals surface area contributed by atoms with Crippen LogP contribution in [0.1, 0.15) is 59.8 Å². The number of rotatable bonds is 28. The fourth-order valence-electron chi connectivity index (χ4n) is 11.1. The minimum absolute atomic E-state index is 0.0102. The number of aliphatic carboxylic acids is 1. The summed E-state index contributed by atoms with van der Waals surface area (Å²) in [6.07, 6.45) is -0.0574. The maximum absolute atomic E-state index is 14.8. The minimum atomic E-state index is -4.37. The van der Waals surface area contributed by atoms with Crippen molar-refractivity contribution in [2.75, 3.05) is 34.5 Å². The summed E-state index contributed by atoms with van der Waals surface area (Å²) in [5, 5.41) is 11.5. The Bertz CT molecular complexity index is 4730. The zero-order chi connectivity index (χ0) is 70.2. The highest BCUT2D eigenvalue weighted by molar-refractivity contribution is 7.86. The summed E-state index contributed by atoms with van der Waals surface area (Å²) in [6, 6.07) is 54.8. The largest absolute Gasteiger partial charge is 0.543 e. The lowest BCUT2D eigenvalue weighted by Gasteiger charge is -2.37. The third-order valence-corrected chi connectivity index (χ3v) is 24.7. The molecular weight excluding hydrogens is 1340 g/mol. The zero-order valence-electron chi connectivity index (χ0n) is 56.2. The van der Waals surface area contributed by atoms with E-state index in [2.05, 4.69) is 43.8 Å². The van der Waals surface area contributed by atoms with Crippen LogP contribution < -0.4 is 32.8 Å². The van der Waals surface area contributed by atoms with E-state index in [1.807, 2.05) is 116 Å². The van der Waals surface area contributed by atoms with E-state index in [-0.39, 0.29) is 46.2 Å². The number of carboxylic acid groups (broad SMARTS) is 1. The topological polar surface area (TPSA) is 206 Å². The SMILES string of the molecule is COc1ccc(C(OC[C@H](COS(=O)(=O)c2ccc(C)cc2)Oc2ccc(-c3c(-c4ccc(F)cc4)sc4ncnc(OC(Cc5cc(O[Si](C)(C)C(C)(C)C)ccc5OCc5ccnc(-c6ccccc6OC)n5)C(=O)O)c34)c(C)c2Cl)(c2ccccc2)c2ccc(OC)cc2)cc1. The Morgan fingerprint density at radius 2 is 1.31 bits per heavy atom. The van der Waals surface area contributed by atoms with Crippen LogP contribution in [0.15, 0.2) is 205 Å². The highest BCUT2D eigenvalue weighted by atomic mass is 35.5. The van der Waals surface area contributed by atoms with Gasteiger partial charge in [0.25, 0.3) is 10.1 Å². The van der Waals surface area contributed by atoms with Crippen LogP contribution in [0.25, 0.3) is 43.2 Å². The second kappa shape index (κ2) is 30.2. The lowest BCUT2D eigenvalue weighted by Crippen LogP contribution is -2.43. The molecule has 0 fully saturated rings. The van der Waals surface area contributed by atoms with E-state index in [4.69, 9.17) is 63.3 Å². The number of fused-ring (bicyclic) bond motifs is 1. The third kappa shape index (κ3) is 15.7. The monoisotopic (exact) mass is 1410 g/mol. The van der Waals surface area contributed by atoms with E-state index in [0.717, 1.165) is 11.1 Å². The van der Waals surface area contributed by atoms with E-state index in [1.54, 1.807) is 89.0 Å². The summed E-state index contributed by atoms with van der Waals surface area (Å²) in [7, 11) is -2.05. The summed E-state index contributed by atoms with van der Waals surface area (Å²) in [5.41, 5.74) is 5.47. The number of carbonyl (C=O) groups is 1. The highest BCUT2D eigenvalue weighted by Crippen LogP contribution is 2.51. The van der Waals surface area contributed by atoms with Crippen molar-refractivity contribution in [3.8, 4) is 73.3 Å². The number of thiophene rings is 1. The molecule has 0 aliphatic heterocycles. The second-order valence-corrected chi connectivity index (χ2v) is 32.7. The molecule has 3 aromatic heterocycles. The Labute approximate surface area is 585 Å². The molecule has 0 aliphatic rings. The van der Waals surface area contributed by atoms with Gasteiger partial charge in [-0.2, -0.15) is 8.42 Å². The summed E-state index contributed by atoms with van der Waals surface area (Å²) >= 11 is 8.82. The van der Waals surface area contributed by atoms with E-state index in [1.165, 1.54) is 41.9 Å². The van der Waals surface area contributed by atoms with Crippen molar-refractivity contribution >= 4 is 57.6 Å². The molecule has 510 valence electrons. The van der Waals surface area contributed by atoms with Crippen LogP contribution in [-0.4, -0.2) is 94.5 Å². The number of aryl methyl sites for hydroxylation is 1. The molecule has 0 saturated carbocycles. The molecule has 0 spiro atoms. The van der Waals surface area contributed by atoms with Gasteiger partial charge < -0.3 is 42.7 Å². The third-order valence-electron chi connectivity index (χ3n) is 17.4. The molecule has 0 amide bonds. The maximum Gasteiger partial charge on any atom is 0.345 e. The first-order valence-electron chi connectivity index (χ1n) is 31.7. The fourth-order valence-corrected chi connectivity index (χ4v) is 14.4. The van der Waals surface area contributed by atoms with Gasteiger partial charge in [-0.05, 0) is 156 Å². The molecule has 0 saturated heterocycles. The Morgan fingerprint density at radius 3 is 1.96 bits per heavy atom. The van der Waals surface area contributed by atoms with Crippen LogP contribution in [0.3, 0.4) is 0 Å². The summed E-state index contributed by atoms with van der Waals surface area (Å²) < 4.78 is 99.8. The lowest BCUT2D eigenvalue weighted by molar-refractivity contribution is -0.145. The van der Waals surface area contributed by atoms with Crippen molar-refractivity contribution in [2.24, 2.45) is 0 Å². The van der Waals surface area contributed by atoms with Crippen LogP contribution in [-0.2, 0) is 42.5 Å². The van der Waals surface area contributed by atoms with E-state index in [9.17, 15) is 22.7 Å². The van der Waals surface area contributed by atoms with Crippen LogP contribution in [0, 0.1) is 19.7 Å². The number of carboxylic acids is 1. The van der Waals surface area contributed by atoms with Gasteiger partial charge in [0.2, 0.25) is 20.3 Å². The quantitative estimate of drug-likeness (QED) is 0.0275. The summed E-state index contributed by atoms with van der Waals surface area (Å²) in [5.74, 6) is 1.45. The molecule has 17 nitrogen and oxygen atoms in total. The van der Waals surface area contributed by atoms with Gasteiger partial charge in [-0.15, -0.1) is 11.3 Å². The normalized spacial score (nSPS) is 12.6. The standard InChI is InChI=1S/C77H74ClFN4O13S2Si/c1-48-20-35-61(36-21-48)98(86,87)93-46-60(45-92-77(52-16-12-11-13-17-52,53-24-30-57(88-6)31-25-53)54-26-32-58(89-7)33-27-54)94-66-39-37-62(49(2)70(66)78)68-69-73(81-47-82-74(69)97-71(68)50-22-28-55(79)29-23-50)95-67(75(84)85)43-51-42-59(96-99(9,10)76(3,4)5)34-38-64(51)91-44-56-40-41-80-72(83-56)63-18-14-15-19-65(63)90-8/h11-42,47,60,67H,43-46H2,1-10H3,(H,84,85)/t60-,67?/m1/s1. The van der Waals surface area contributed by atoms with Crippen LogP contribution in [0.5, 0.6) is 40.4 Å². The zero-order valence-corrected chi connectivity index (χ0v) is 59.6. The van der Waals surface area contributed by atoms with Gasteiger partial charge in [0.1, 0.15) is 76.4 Å². The summed E-state index contributed by atoms with van der Waals surface area (Å²) in [4.78, 5) is 33.4. The molecule has 1 N–H and O–H groups in total. The van der Waals surface area contributed by atoms with E-state index < -0.39 is 54.6 Å². The van der Waals surface area contributed by atoms with Crippen LogP contribution >= 0.6 is 22.9 Å². The highest BCUT2D eigenvalue weighted by Gasteiger charge is 2.41. The first-order chi connectivity index (χ1) is 47.5. The fraction of sp³-hybridized carbons (Fsp3) is 0.234. The number of para-hydroxylation sites is 1. The van der Waals surface area contributed by atoms with Crippen molar-refractivity contribution in [1.82, 2.24) is 19.9 Å². The predicted molar refractivity (Wildman–Crippen MR) is 383 cm³/mol. The van der Waals surface area contributed by atoms with Crippen molar-refractivity contribution < 1.29 is 64.5 Å². The molecule has 8 aromatic carbocycles. The van der Waals surface area contributed by atoms with Crippen molar-refractivity contribution in [3.63, 3.8) is 0 Å². The van der Waals surface area contributed by atoms with Crippen molar-refractivity contribution in [3.05, 3.63) is 250 Å². The van der Waals surface area contributed by atoms with Gasteiger partial charge in [0.15, 0.2) is 5.82 Å². The smallest absolute Gasteiger partial charge is 0.345 e. The lowest BCUT2D eigenvalue weighted by atomic mass is 9.80. The molecule has 11 aromatic rings. The number of halogens is 2. The van der Waals surface area contributed by atoms with Gasteiger partial charge in [-0.25, -0.2) is 29.1 Å². The Kier molecular flexibility index (Phi) is 21.5. The molecule has 99 heavy (non-hydrogen) atoms. The van der Waals surface area contributed by atoms with Gasteiger partial charge in [0, 0.05) is 28.6 Å². The average molecular weight is 1410 g/mol.